The van der Waals surface area contributed by atoms with E-state index < -0.39 is 5.82 Å². The predicted molar refractivity (Wildman–Crippen MR) is 121 cm³/mol. The number of halogens is 1. The summed E-state index contributed by atoms with van der Waals surface area (Å²) in [4.78, 5) is 31.1. The molecule has 2 fully saturated rings. The second kappa shape index (κ2) is 11.7. The summed E-state index contributed by atoms with van der Waals surface area (Å²) in [6.07, 6.45) is 8.45. The van der Waals surface area contributed by atoms with Crippen LogP contribution in [0, 0.1) is 11.7 Å². The van der Waals surface area contributed by atoms with Crippen LogP contribution in [0.25, 0.3) is 0 Å². The van der Waals surface area contributed by atoms with Gasteiger partial charge < -0.3 is 15.0 Å². The lowest BCUT2D eigenvalue weighted by Gasteiger charge is -2.33. The number of piperidine rings is 1. The molecule has 1 saturated carbocycles. The Morgan fingerprint density at radius 3 is 2.74 bits per heavy atom. The lowest BCUT2D eigenvalue weighted by molar-refractivity contribution is -0.141. The van der Waals surface area contributed by atoms with Gasteiger partial charge in [-0.2, -0.15) is 0 Å². The molecule has 0 spiro atoms. The maximum Gasteiger partial charge on any atom is 0.305 e. The Morgan fingerprint density at radius 2 is 2.03 bits per heavy atom. The highest BCUT2D eigenvalue weighted by molar-refractivity contribution is 7.99. The van der Waals surface area contributed by atoms with Crippen LogP contribution >= 0.6 is 11.8 Å². The van der Waals surface area contributed by atoms with Gasteiger partial charge in [0.25, 0.3) is 5.91 Å². The van der Waals surface area contributed by atoms with E-state index in [1.807, 2.05) is 4.90 Å². The molecule has 1 aliphatic carbocycles. The summed E-state index contributed by atoms with van der Waals surface area (Å²) in [5.41, 5.74) is 0.327. The van der Waals surface area contributed by atoms with Crippen molar-refractivity contribution in [3.05, 3.63) is 17.4 Å². The van der Waals surface area contributed by atoms with Gasteiger partial charge >= 0.3 is 5.97 Å². The van der Waals surface area contributed by atoms with Gasteiger partial charge in [0.1, 0.15) is 5.03 Å². The summed E-state index contributed by atoms with van der Waals surface area (Å²) in [7, 11) is 1.39. The number of methoxy groups -OCH3 is 1. The summed E-state index contributed by atoms with van der Waals surface area (Å²) in [5, 5.41) is 3.67. The van der Waals surface area contributed by atoms with Crippen LogP contribution in [0.1, 0.15) is 75.1 Å². The Labute approximate surface area is 188 Å². The van der Waals surface area contributed by atoms with Crippen molar-refractivity contribution in [2.75, 3.05) is 30.9 Å². The first kappa shape index (κ1) is 23.8. The monoisotopic (exact) mass is 451 g/mol. The van der Waals surface area contributed by atoms with Gasteiger partial charge in [0.15, 0.2) is 11.6 Å². The molecule has 0 unspecified atom stereocenters. The van der Waals surface area contributed by atoms with Gasteiger partial charge in [-0.15, -0.1) is 11.8 Å². The third-order valence-corrected chi connectivity index (χ3v) is 7.25. The van der Waals surface area contributed by atoms with Crippen molar-refractivity contribution in [2.24, 2.45) is 5.92 Å². The molecule has 1 N–H and O–H groups in total. The van der Waals surface area contributed by atoms with E-state index in [2.05, 4.69) is 17.2 Å². The smallest absolute Gasteiger partial charge is 0.305 e. The number of nitrogens with one attached hydrogen (secondary N) is 1. The van der Waals surface area contributed by atoms with Crippen molar-refractivity contribution >= 4 is 29.5 Å². The Bertz CT molecular complexity index is 771. The normalized spacial score (nSPS) is 19.8. The van der Waals surface area contributed by atoms with Crippen LogP contribution in [0.3, 0.4) is 0 Å². The van der Waals surface area contributed by atoms with E-state index in [0.717, 1.165) is 50.7 Å². The van der Waals surface area contributed by atoms with Crippen LogP contribution in [0.2, 0.25) is 0 Å². The third kappa shape index (κ3) is 6.57. The molecular weight excluding hydrogens is 417 g/mol. The van der Waals surface area contributed by atoms with Crippen molar-refractivity contribution in [3.63, 3.8) is 0 Å². The number of nitrogens with zero attached hydrogens (tertiary/aromatic N) is 2. The van der Waals surface area contributed by atoms with Crippen LogP contribution in [0.4, 0.5) is 10.2 Å². The average molecular weight is 452 g/mol. The molecular formula is C23H34FN3O3S. The van der Waals surface area contributed by atoms with Crippen molar-refractivity contribution in [1.29, 1.82) is 0 Å². The highest BCUT2D eigenvalue weighted by atomic mass is 32.2. The largest absolute Gasteiger partial charge is 0.469 e. The molecule has 1 saturated heterocycles. The summed E-state index contributed by atoms with van der Waals surface area (Å²) < 4.78 is 19.9. The quantitative estimate of drug-likeness (QED) is 0.461. The fourth-order valence-corrected chi connectivity index (χ4v) is 5.26. The number of thioether (sulfide) groups is 1. The standard InChI is InChI=1S/C23H34FN3O3S/c1-3-12-31-23-18(22(29)25-17-9-5-4-6-10-17)14-19(24)21(26-23)27-11-7-8-16(15-27)13-20(28)30-2/h14,16-17H,3-13,15H2,1-2H3,(H,25,29)/t16-/m1/s1. The molecule has 1 aromatic rings. The minimum atomic E-state index is -0.478. The average Bonchev–Trinajstić information content (AvgIpc) is 2.78. The van der Waals surface area contributed by atoms with Gasteiger partial charge in [-0.1, -0.05) is 26.2 Å². The molecule has 1 aliphatic heterocycles. The van der Waals surface area contributed by atoms with Crippen molar-refractivity contribution in [3.8, 4) is 0 Å². The SMILES string of the molecule is CCCSc1nc(N2CCC[C@H](CC(=O)OC)C2)c(F)cc1C(=O)NC1CCCCC1. The molecule has 0 aromatic carbocycles. The van der Waals surface area contributed by atoms with Crippen molar-refractivity contribution in [2.45, 2.75) is 75.8 Å². The highest BCUT2D eigenvalue weighted by Gasteiger charge is 2.28. The zero-order valence-corrected chi connectivity index (χ0v) is 19.4. The van der Waals surface area contributed by atoms with E-state index in [0.29, 0.717) is 30.1 Å². The number of hydrogen-bond acceptors (Lipinski definition) is 6. The molecule has 1 amide bonds. The lowest BCUT2D eigenvalue weighted by atomic mass is 9.94. The molecule has 3 rings (SSSR count). The number of ether oxygens (including phenoxy) is 1. The first-order valence-corrected chi connectivity index (χ1v) is 12.5. The molecule has 172 valence electrons. The number of anilines is 1. The van der Waals surface area contributed by atoms with Crippen LogP contribution in [-0.4, -0.2) is 48.9 Å². The number of carbonyl (C=O) groups excluding carboxylic acids is 2. The Hall–Kier alpha value is -1.83. The van der Waals surface area contributed by atoms with E-state index in [1.54, 1.807) is 0 Å². The minimum Gasteiger partial charge on any atom is -0.469 e. The molecule has 1 aromatic heterocycles. The van der Waals surface area contributed by atoms with Crippen LogP contribution in [-0.2, 0) is 9.53 Å². The third-order valence-electron chi connectivity index (χ3n) is 6.05. The van der Waals surface area contributed by atoms with Gasteiger partial charge in [-0.05, 0) is 49.8 Å². The predicted octanol–water partition coefficient (Wildman–Crippen LogP) is 4.56. The van der Waals surface area contributed by atoms with Crippen LogP contribution in [0.15, 0.2) is 11.1 Å². The summed E-state index contributed by atoms with van der Waals surface area (Å²) >= 11 is 1.50. The minimum absolute atomic E-state index is 0.114. The number of carbonyl (C=O) groups is 2. The van der Waals surface area contributed by atoms with E-state index >= 15 is 4.39 Å². The van der Waals surface area contributed by atoms with E-state index in [-0.39, 0.29) is 29.7 Å². The van der Waals surface area contributed by atoms with Gasteiger partial charge in [0.2, 0.25) is 0 Å². The Balaban J connectivity index is 1.79. The van der Waals surface area contributed by atoms with Gasteiger partial charge in [-0.25, -0.2) is 9.37 Å². The van der Waals surface area contributed by atoms with E-state index in [4.69, 9.17) is 4.74 Å². The zero-order chi connectivity index (χ0) is 22.2. The van der Waals surface area contributed by atoms with Crippen LogP contribution < -0.4 is 10.2 Å². The number of pyridine rings is 1. The van der Waals surface area contributed by atoms with Crippen molar-refractivity contribution in [1.82, 2.24) is 10.3 Å². The van der Waals surface area contributed by atoms with Crippen molar-refractivity contribution < 1.29 is 18.7 Å². The van der Waals surface area contributed by atoms with E-state index in [9.17, 15) is 9.59 Å². The number of rotatable bonds is 8. The van der Waals surface area contributed by atoms with Gasteiger partial charge in [0.05, 0.1) is 12.7 Å². The molecule has 31 heavy (non-hydrogen) atoms. The topological polar surface area (TPSA) is 71.5 Å². The fourth-order valence-electron chi connectivity index (χ4n) is 4.41. The highest BCUT2D eigenvalue weighted by Crippen LogP contribution is 2.31. The number of esters is 1. The molecule has 0 bridgehead atoms. The number of aromatic nitrogens is 1. The summed E-state index contributed by atoms with van der Waals surface area (Å²) in [5.74, 6) is 0.256. The molecule has 2 aliphatic rings. The lowest BCUT2D eigenvalue weighted by Crippen LogP contribution is -2.38. The molecule has 6 nitrogen and oxygen atoms in total. The second-order valence-electron chi connectivity index (χ2n) is 8.54. The maximum absolute atomic E-state index is 15.1. The second-order valence-corrected chi connectivity index (χ2v) is 9.62. The van der Waals surface area contributed by atoms with Gasteiger partial charge in [0, 0.05) is 25.6 Å². The number of amides is 1. The zero-order valence-electron chi connectivity index (χ0n) is 18.6. The summed E-state index contributed by atoms with van der Waals surface area (Å²) in [6.45, 7) is 3.32. The first-order chi connectivity index (χ1) is 15.0. The summed E-state index contributed by atoms with van der Waals surface area (Å²) in [6, 6.07) is 1.51. The first-order valence-electron chi connectivity index (χ1n) is 11.5. The Morgan fingerprint density at radius 1 is 1.26 bits per heavy atom. The molecule has 0 radical (unpaired) electrons. The maximum atomic E-state index is 15.1. The number of hydrogen-bond donors (Lipinski definition) is 1. The van der Waals surface area contributed by atoms with E-state index in [1.165, 1.54) is 31.4 Å². The van der Waals surface area contributed by atoms with Gasteiger partial charge in [-0.3, -0.25) is 9.59 Å². The van der Waals surface area contributed by atoms with Crippen LogP contribution in [0.5, 0.6) is 0 Å². The molecule has 2 heterocycles. The Kier molecular flexibility index (Phi) is 8.99. The molecule has 1 atom stereocenters. The fraction of sp³-hybridized carbons (Fsp3) is 0.696. The molecule has 8 heteroatoms.